The summed E-state index contributed by atoms with van der Waals surface area (Å²) in [4.78, 5) is 4.08. The Bertz CT molecular complexity index is 333. The highest BCUT2D eigenvalue weighted by Crippen LogP contribution is 2.30. The van der Waals surface area contributed by atoms with Crippen LogP contribution >= 0.6 is 0 Å². The molecular weight excluding hydrogens is 166 g/mol. The van der Waals surface area contributed by atoms with E-state index in [1.807, 2.05) is 30.3 Å². The minimum atomic E-state index is -0.943. The molecule has 0 saturated heterocycles. The van der Waals surface area contributed by atoms with Gasteiger partial charge in [-0.2, -0.15) is 0 Å². The van der Waals surface area contributed by atoms with Crippen molar-refractivity contribution in [2.24, 2.45) is 15.2 Å². The fourth-order valence-corrected chi connectivity index (χ4v) is 1.23. The summed E-state index contributed by atoms with van der Waals surface area (Å²) < 4.78 is 5.23. The Labute approximate surface area is 76.0 Å². The van der Waals surface area contributed by atoms with Crippen LogP contribution in [-0.2, 0) is 10.6 Å². The average molecular weight is 175 g/mol. The molecule has 1 aromatic carbocycles. The maximum atomic E-state index is 5.23. The quantitative estimate of drug-likeness (QED) is 0.677. The molecule has 1 aliphatic rings. The molecule has 1 aromatic rings. The first-order valence-corrected chi connectivity index (χ1v) is 3.94. The van der Waals surface area contributed by atoms with Gasteiger partial charge in [-0.25, -0.2) is 4.99 Å². The van der Waals surface area contributed by atoms with E-state index in [-0.39, 0.29) is 0 Å². The van der Waals surface area contributed by atoms with E-state index in [0.29, 0.717) is 0 Å². The smallest absolute Gasteiger partial charge is 0.304 e. The van der Waals surface area contributed by atoms with Gasteiger partial charge in [0, 0.05) is 12.7 Å². The molecule has 0 bridgehead atoms. The van der Waals surface area contributed by atoms with Crippen LogP contribution in [0.5, 0.6) is 0 Å². The van der Waals surface area contributed by atoms with Crippen molar-refractivity contribution in [3.05, 3.63) is 35.9 Å². The van der Waals surface area contributed by atoms with Crippen LogP contribution in [0.1, 0.15) is 5.56 Å². The fourth-order valence-electron chi connectivity index (χ4n) is 1.23. The molecule has 1 unspecified atom stereocenters. The first kappa shape index (κ1) is 8.07. The summed E-state index contributed by atoms with van der Waals surface area (Å²) in [5.41, 5.74) is 0.884. The maximum absolute atomic E-state index is 5.23. The summed E-state index contributed by atoms with van der Waals surface area (Å²) in [5, 5.41) is 7.63. The number of hydrogen-bond donors (Lipinski definition) is 0. The lowest BCUT2D eigenvalue weighted by Gasteiger charge is -2.18. The van der Waals surface area contributed by atoms with E-state index in [2.05, 4.69) is 15.2 Å². The van der Waals surface area contributed by atoms with E-state index in [1.54, 1.807) is 7.11 Å². The Morgan fingerprint density at radius 2 is 2.00 bits per heavy atom. The van der Waals surface area contributed by atoms with Crippen LogP contribution in [0.2, 0.25) is 0 Å². The van der Waals surface area contributed by atoms with Crippen molar-refractivity contribution >= 4 is 6.34 Å². The van der Waals surface area contributed by atoms with Gasteiger partial charge < -0.3 is 4.74 Å². The number of aliphatic imine (C=N–C) groups is 1. The van der Waals surface area contributed by atoms with E-state index >= 15 is 0 Å². The Hall–Kier alpha value is -1.55. The van der Waals surface area contributed by atoms with Gasteiger partial charge in [-0.15, -0.1) is 10.2 Å². The number of benzene rings is 1. The van der Waals surface area contributed by atoms with Gasteiger partial charge in [0.25, 0.3) is 0 Å². The number of methoxy groups -OCH3 is 1. The molecular formula is C9H9N3O. The highest BCUT2D eigenvalue weighted by atomic mass is 16.5. The summed E-state index contributed by atoms with van der Waals surface area (Å²) in [6, 6.07) is 9.58. The molecule has 0 radical (unpaired) electrons. The molecule has 0 spiro atoms. The summed E-state index contributed by atoms with van der Waals surface area (Å²) in [6.07, 6.45) is 1.40. The van der Waals surface area contributed by atoms with E-state index in [4.69, 9.17) is 4.74 Å². The van der Waals surface area contributed by atoms with E-state index in [9.17, 15) is 0 Å². The molecule has 4 nitrogen and oxygen atoms in total. The zero-order chi connectivity index (χ0) is 9.15. The third kappa shape index (κ3) is 1.25. The monoisotopic (exact) mass is 175 g/mol. The summed E-state index contributed by atoms with van der Waals surface area (Å²) in [5.74, 6) is -0.943. The van der Waals surface area contributed by atoms with Crippen molar-refractivity contribution < 1.29 is 4.74 Å². The van der Waals surface area contributed by atoms with E-state index in [0.717, 1.165) is 5.56 Å². The predicted molar refractivity (Wildman–Crippen MR) is 48.5 cm³/mol. The number of hydrogen-bond acceptors (Lipinski definition) is 4. The molecule has 1 aliphatic heterocycles. The normalized spacial score (nSPS) is 25.3. The molecule has 4 heteroatoms. The summed E-state index contributed by atoms with van der Waals surface area (Å²) >= 11 is 0. The Kier molecular flexibility index (Phi) is 1.90. The van der Waals surface area contributed by atoms with Gasteiger partial charge in [0.2, 0.25) is 0 Å². The molecule has 0 fully saturated rings. The number of rotatable bonds is 2. The van der Waals surface area contributed by atoms with Crippen LogP contribution in [-0.4, -0.2) is 13.4 Å². The van der Waals surface area contributed by atoms with Gasteiger partial charge in [0.05, 0.1) is 0 Å². The lowest BCUT2D eigenvalue weighted by molar-refractivity contribution is 0.000542. The number of azo groups is 1. The van der Waals surface area contributed by atoms with E-state index < -0.39 is 5.85 Å². The molecule has 13 heavy (non-hydrogen) atoms. The second kappa shape index (κ2) is 3.06. The van der Waals surface area contributed by atoms with Crippen molar-refractivity contribution in [3.63, 3.8) is 0 Å². The van der Waals surface area contributed by atoms with Crippen molar-refractivity contribution in [3.8, 4) is 0 Å². The first-order valence-electron chi connectivity index (χ1n) is 3.94. The van der Waals surface area contributed by atoms with Crippen LogP contribution in [0.15, 0.2) is 45.6 Å². The molecule has 0 saturated carbocycles. The topological polar surface area (TPSA) is 46.3 Å². The Morgan fingerprint density at radius 1 is 1.23 bits per heavy atom. The Balaban J connectivity index is 2.44. The minimum absolute atomic E-state index is 0.884. The third-order valence-corrected chi connectivity index (χ3v) is 1.91. The van der Waals surface area contributed by atoms with Crippen molar-refractivity contribution in [1.82, 2.24) is 0 Å². The van der Waals surface area contributed by atoms with Gasteiger partial charge in [0.1, 0.15) is 6.34 Å². The summed E-state index contributed by atoms with van der Waals surface area (Å²) in [6.45, 7) is 0. The van der Waals surface area contributed by atoms with Gasteiger partial charge in [-0.1, -0.05) is 30.3 Å². The largest absolute Gasteiger partial charge is 0.334 e. The van der Waals surface area contributed by atoms with Crippen LogP contribution in [0.25, 0.3) is 0 Å². The second-order valence-electron chi connectivity index (χ2n) is 2.64. The van der Waals surface area contributed by atoms with Crippen molar-refractivity contribution in [2.45, 2.75) is 5.85 Å². The molecule has 1 heterocycles. The van der Waals surface area contributed by atoms with Crippen LogP contribution < -0.4 is 0 Å². The molecule has 0 aliphatic carbocycles. The summed E-state index contributed by atoms with van der Waals surface area (Å²) in [7, 11) is 1.56. The standard InChI is InChI=1S/C9H9N3O/c1-13-9(10-7-11-12-9)8-5-3-2-4-6-8/h2-7H,1H3. The van der Waals surface area contributed by atoms with Crippen molar-refractivity contribution in [1.29, 1.82) is 0 Å². The van der Waals surface area contributed by atoms with Gasteiger partial charge in [-0.05, 0) is 0 Å². The molecule has 66 valence electrons. The first-order chi connectivity index (χ1) is 6.37. The molecule has 0 N–H and O–H groups in total. The molecule has 2 rings (SSSR count). The maximum Gasteiger partial charge on any atom is 0.304 e. The zero-order valence-electron chi connectivity index (χ0n) is 7.21. The Morgan fingerprint density at radius 3 is 2.54 bits per heavy atom. The molecule has 1 atom stereocenters. The third-order valence-electron chi connectivity index (χ3n) is 1.91. The predicted octanol–water partition coefficient (Wildman–Crippen LogP) is 1.94. The van der Waals surface area contributed by atoms with Gasteiger partial charge in [-0.3, -0.25) is 0 Å². The van der Waals surface area contributed by atoms with Crippen molar-refractivity contribution in [2.75, 3.05) is 7.11 Å². The average Bonchev–Trinajstić information content (AvgIpc) is 2.69. The lowest BCUT2D eigenvalue weighted by Crippen LogP contribution is -2.20. The second-order valence-corrected chi connectivity index (χ2v) is 2.64. The van der Waals surface area contributed by atoms with Gasteiger partial charge in [0.15, 0.2) is 0 Å². The molecule has 0 amide bonds. The SMILES string of the molecule is COC1(c2ccccc2)N=CN=N1. The van der Waals surface area contributed by atoms with Crippen LogP contribution in [0.4, 0.5) is 0 Å². The van der Waals surface area contributed by atoms with Crippen LogP contribution in [0, 0.1) is 0 Å². The highest BCUT2D eigenvalue weighted by molar-refractivity contribution is 5.57. The molecule has 0 aromatic heterocycles. The highest BCUT2D eigenvalue weighted by Gasteiger charge is 2.33. The zero-order valence-corrected chi connectivity index (χ0v) is 7.21. The van der Waals surface area contributed by atoms with E-state index in [1.165, 1.54) is 6.34 Å². The fraction of sp³-hybridized carbons (Fsp3) is 0.222. The number of nitrogens with zero attached hydrogens (tertiary/aromatic N) is 3. The number of ether oxygens (including phenoxy) is 1. The minimum Gasteiger partial charge on any atom is -0.334 e. The van der Waals surface area contributed by atoms with Crippen LogP contribution in [0.3, 0.4) is 0 Å². The van der Waals surface area contributed by atoms with Gasteiger partial charge >= 0.3 is 5.85 Å². The lowest BCUT2D eigenvalue weighted by atomic mass is 10.1.